The van der Waals surface area contributed by atoms with Crippen LogP contribution in [0.2, 0.25) is 0 Å². The fourth-order valence-corrected chi connectivity index (χ4v) is 3.56. The second-order valence-electron chi connectivity index (χ2n) is 6.85. The van der Waals surface area contributed by atoms with E-state index in [0.717, 1.165) is 18.2 Å². The minimum atomic E-state index is -3.03. The highest BCUT2D eigenvalue weighted by Gasteiger charge is 2.64. The molecule has 1 aromatic carbocycles. The second-order valence-corrected chi connectivity index (χ2v) is 6.85. The lowest BCUT2D eigenvalue weighted by Gasteiger charge is -2.33. The number of hydrogen-bond acceptors (Lipinski definition) is 5. The molecule has 0 unspecified atom stereocenters. The summed E-state index contributed by atoms with van der Waals surface area (Å²) in [5, 5.41) is 8.77. The first-order valence-electron chi connectivity index (χ1n) is 8.69. The number of pyridine rings is 1. The number of benzene rings is 1. The van der Waals surface area contributed by atoms with E-state index in [0.29, 0.717) is 0 Å². The molecule has 5 nitrogen and oxygen atoms in total. The van der Waals surface area contributed by atoms with Crippen LogP contribution in [0, 0.1) is 23.1 Å². The number of rotatable bonds is 4. The Kier molecular flexibility index (Phi) is 4.49. The van der Waals surface area contributed by atoms with Gasteiger partial charge in [0.15, 0.2) is 5.54 Å². The van der Waals surface area contributed by atoms with E-state index in [4.69, 9.17) is 15.7 Å². The molecule has 29 heavy (non-hydrogen) atoms. The summed E-state index contributed by atoms with van der Waals surface area (Å²) in [4.78, 5) is 7.62. The molecule has 0 bridgehead atoms. The summed E-state index contributed by atoms with van der Waals surface area (Å²) >= 11 is 0. The van der Waals surface area contributed by atoms with Crippen molar-refractivity contribution in [3.8, 4) is 6.07 Å². The molecule has 1 saturated carbocycles. The Bertz CT molecular complexity index is 1060. The lowest BCUT2D eigenvalue weighted by molar-refractivity contribution is 0.0176. The molecular weight excluding hydrogens is 388 g/mol. The van der Waals surface area contributed by atoms with Crippen LogP contribution in [-0.2, 0) is 10.3 Å². The van der Waals surface area contributed by atoms with Gasteiger partial charge in [-0.1, -0.05) is 6.07 Å². The Morgan fingerprint density at radius 2 is 2.14 bits per heavy atom. The molecule has 9 heteroatoms. The largest absolute Gasteiger partial charge is 0.462 e. The van der Waals surface area contributed by atoms with E-state index >= 15 is 0 Å². The number of nitrogens with zero attached hydrogens (tertiary/aromatic N) is 3. The van der Waals surface area contributed by atoms with Gasteiger partial charge in [-0.15, -0.1) is 0 Å². The normalized spacial score (nSPS) is 25.7. The molecule has 148 valence electrons. The quantitative estimate of drug-likeness (QED) is 0.790. The fourth-order valence-electron chi connectivity index (χ4n) is 3.56. The molecule has 2 aliphatic rings. The third-order valence-corrected chi connectivity index (χ3v) is 5.05. The number of halogens is 4. The van der Waals surface area contributed by atoms with Crippen LogP contribution in [-0.4, -0.2) is 23.5 Å². The predicted molar refractivity (Wildman–Crippen MR) is 96.6 cm³/mol. The summed E-state index contributed by atoms with van der Waals surface area (Å²) in [6, 6.07) is 7.55. The average molecular weight is 402 g/mol. The minimum Gasteiger partial charge on any atom is -0.462 e. The molecule has 0 radical (unpaired) electrons. The van der Waals surface area contributed by atoms with Gasteiger partial charge in [0.1, 0.15) is 23.8 Å². The van der Waals surface area contributed by atoms with Crippen molar-refractivity contribution in [2.24, 2.45) is 16.6 Å². The maximum absolute atomic E-state index is 14.6. The Balaban J connectivity index is 1.76. The number of hydrogen-bond donors (Lipinski definition) is 1. The van der Waals surface area contributed by atoms with Crippen molar-refractivity contribution in [3.63, 3.8) is 0 Å². The van der Waals surface area contributed by atoms with Gasteiger partial charge in [0.05, 0.1) is 11.3 Å². The number of aromatic nitrogens is 1. The highest BCUT2D eigenvalue weighted by Crippen LogP contribution is 2.56. The first-order valence-corrected chi connectivity index (χ1v) is 8.69. The van der Waals surface area contributed by atoms with Gasteiger partial charge >= 0.3 is 0 Å². The van der Waals surface area contributed by atoms with Gasteiger partial charge in [-0.05, 0) is 42.3 Å². The summed E-state index contributed by atoms with van der Waals surface area (Å²) < 4.78 is 62.5. The van der Waals surface area contributed by atoms with Crippen molar-refractivity contribution < 1.29 is 22.3 Å². The first-order chi connectivity index (χ1) is 13.8. The standard InChI is InChI=1S/C20H14F4N4O/c21-14-3-1-10(6-15(22)16-4-2-11(8-25)9-27-16)5-12(14)20(18(23)24)13-7-17(13)29-19(26)28-20/h1-6,9,13,17-18H,7H2,(H2,26,28)/b15-6-/t13-,17+,20+/m0/s1. The van der Waals surface area contributed by atoms with Crippen molar-refractivity contribution in [1.82, 2.24) is 4.98 Å². The summed E-state index contributed by atoms with van der Waals surface area (Å²) in [5.74, 6) is -2.37. The Morgan fingerprint density at radius 1 is 1.34 bits per heavy atom. The van der Waals surface area contributed by atoms with Gasteiger partial charge in [0.2, 0.25) is 0 Å². The molecular formula is C20H14F4N4O. The van der Waals surface area contributed by atoms with Crippen molar-refractivity contribution in [1.29, 1.82) is 5.26 Å². The molecule has 2 heterocycles. The van der Waals surface area contributed by atoms with Crippen molar-refractivity contribution in [2.45, 2.75) is 24.5 Å². The first kappa shape index (κ1) is 18.9. The second kappa shape index (κ2) is 6.88. The molecule has 0 amide bonds. The molecule has 1 aromatic heterocycles. The van der Waals surface area contributed by atoms with E-state index in [2.05, 4.69) is 9.98 Å². The molecule has 1 aliphatic heterocycles. The number of aliphatic imine (C=N–C) groups is 1. The zero-order valence-corrected chi connectivity index (χ0v) is 14.8. The van der Waals surface area contributed by atoms with Crippen molar-refractivity contribution in [2.75, 3.05) is 0 Å². The third kappa shape index (κ3) is 3.20. The Labute approximate surface area is 163 Å². The highest BCUT2D eigenvalue weighted by molar-refractivity contribution is 5.76. The number of alkyl halides is 2. The molecule has 0 spiro atoms. The molecule has 1 fully saturated rings. The minimum absolute atomic E-state index is 0.0472. The van der Waals surface area contributed by atoms with E-state index < -0.39 is 41.7 Å². The summed E-state index contributed by atoms with van der Waals surface area (Å²) in [5.41, 5.74) is 3.37. The van der Waals surface area contributed by atoms with Gasteiger partial charge in [0, 0.05) is 17.7 Å². The van der Waals surface area contributed by atoms with Crippen LogP contribution in [0.3, 0.4) is 0 Å². The van der Waals surface area contributed by atoms with Gasteiger partial charge < -0.3 is 10.5 Å². The van der Waals surface area contributed by atoms with Gasteiger partial charge in [0.25, 0.3) is 12.4 Å². The molecule has 2 N–H and O–H groups in total. The van der Waals surface area contributed by atoms with Crippen molar-refractivity contribution in [3.05, 3.63) is 64.7 Å². The number of fused-ring (bicyclic) bond motifs is 1. The zero-order valence-electron chi connectivity index (χ0n) is 14.8. The van der Waals surface area contributed by atoms with Crippen LogP contribution in [0.5, 0.6) is 0 Å². The lowest BCUT2D eigenvalue weighted by atomic mass is 9.84. The van der Waals surface area contributed by atoms with Crippen LogP contribution >= 0.6 is 0 Å². The zero-order chi connectivity index (χ0) is 20.8. The van der Waals surface area contributed by atoms with E-state index in [1.54, 1.807) is 0 Å². The third-order valence-electron chi connectivity index (χ3n) is 5.05. The summed E-state index contributed by atoms with van der Waals surface area (Å²) in [7, 11) is 0. The van der Waals surface area contributed by atoms with Gasteiger partial charge in [-0.3, -0.25) is 4.98 Å². The number of amidine groups is 1. The Morgan fingerprint density at radius 3 is 2.79 bits per heavy atom. The van der Waals surface area contributed by atoms with Crippen LogP contribution < -0.4 is 5.73 Å². The van der Waals surface area contributed by atoms with E-state index in [1.807, 2.05) is 6.07 Å². The van der Waals surface area contributed by atoms with Crippen LogP contribution in [0.25, 0.3) is 11.9 Å². The topological polar surface area (TPSA) is 84.3 Å². The number of ether oxygens (including phenoxy) is 1. The molecule has 3 atom stereocenters. The van der Waals surface area contributed by atoms with Gasteiger partial charge in [-0.2, -0.15) is 5.26 Å². The molecule has 4 rings (SSSR count). The molecule has 1 aliphatic carbocycles. The maximum atomic E-state index is 14.6. The smallest absolute Gasteiger partial charge is 0.283 e. The summed E-state index contributed by atoms with van der Waals surface area (Å²) in [6.45, 7) is 0. The monoisotopic (exact) mass is 402 g/mol. The van der Waals surface area contributed by atoms with Crippen LogP contribution in [0.15, 0.2) is 41.5 Å². The summed E-state index contributed by atoms with van der Waals surface area (Å²) in [6.07, 6.45) is -1.04. The average Bonchev–Trinajstić information content (AvgIpc) is 3.48. The number of nitrogens with two attached hydrogens (primary N) is 1. The molecule has 0 saturated heterocycles. The maximum Gasteiger partial charge on any atom is 0.283 e. The number of nitriles is 1. The van der Waals surface area contributed by atoms with Crippen LogP contribution in [0.1, 0.15) is 28.8 Å². The van der Waals surface area contributed by atoms with Crippen molar-refractivity contribution >= 4 is 17.9 Å². The van der Waals surface area contributed by atoms with E-state index in [1.165, 1.54) is 24.4 Å². The predicted octanol–water partition coefficient (Wildman–Crippen LogP) is 3.75. The molecule has 2 aromatic rings. The lowest BCUT2D eigenvalue weighted by Crippen LogP contribution is -2.43. The van der Waals surface area contributed by atoms with Crippen LogP contribution in [0.4, 0.5) is 17.6 Å². The van der Waals surface area contributed by atoms with Gasteiger partial charge in [-0.25, -0.2) is 22.6 Å². The van der Waals surface area contributed by atoms with E-state index in [9.17, 15) is 17.6 Å². The Hall–Kier alpha value is -3.41. The fraction of sp³-hybridized carbons (Fsp3) is 0.250. The highest BCUT2D eigenvalue weighted by atomic mass is 19.3. The SMILES string of the molecule is N#Cc1ccc(/C(F)=C/c2ccc(F)c([C@@]3(C(F)F)N=C(N)O[C@@H]4C[C@@H]43)c2)nc1. The van der Waals surface area contributed by atoms with E-state index in [-0.39, 0.29) is 28.8 Å².